The minimum atomic E-state index is 0. The first-order chi connectivity index (χ1) is 2.89. The molecule has 0 aromatic carbocycles. The predicted octanol–water partition coefficient (Wildman–Crippen LogP) is -7.29. The third-order valence-corrected chi connectivity index (χ3v) is 0.867. The van der Waals surface area contributed by atoms with Gasteiger partial charge in [-0.1, -0.05) is 6.92 Å². The summed E-state index contributed by atoms with van der Waals surface area (Å²) >= 11 is 0. The molecule has 0 unspecified atom stereocenters. The van der Waals surface area contributed by atoms with Crippen LogP contribution in [0.25, 0.3) is 0 Å². The van der Waals surface area contributed by atoms with Crippen molar-refractivity contribution >= 4 is 0 Å². The summed E-state index contributed by atoms with van der Waals surface area (Å²) in [6.45, 7) is 2.06. The molecule has 0 N–H and O–H groups in total. The third-order valence-electron chi connectivity index (χ3n) is 0.867. The molecule has 0 aliphatic heterocycles. The summed E-state index contributed by atoms with van der Waals surface area (Å²) < 4.78 is 0. The van der Waals surface area contributed by atoms with Crippen molar-refractivity contribution in [2.24, 2.45) is 0 Å². The number of allylic oxidation sites excluding steroid dienone is 4. The van der Waals surface area contributed by atoms with E-state index in [1.165, 1.54) is 5.57 Å². The fourth-order valence-electron chi connectivity index (χ4n) is 0.515. The molecule has 0 fully saturated rings. The maximum absolute atomic E-state index is 3.12. The van der Waals surface area contributed by atoms with Crippen molar-refractivity contribution in [1.82, 2.24) is 0 Å². The van der Waals surface area contributed by atoms with Crippen molar-refractivity contribution in [3.8, 4) is 0 Å². The summed E-state index contributed by atoms with van der Waals surface area (Å²) in [5.74, 6) is 0. The Balaban J connectivity index is -0.0000000450. The quantitative estimate of drug-likeness (QED) is 0.386. The first kappa shape index (κ1) is 22.5. The smallest absolute Gasteiger partial charge is 1.00 e. The molecule has 0 nitrogen and oxygen atoms in total. The zero-order chi connectivity index (χ0) is 4.41. The topological polar surface area (TPSA) is 0 Å². The molecule has 0 bridgehead atoms. The Hall–Kier alpha value is 1.23. The second kappa shape index (κ2) is 12.9. The molecule has 0 radical (unpaired) electrons. The fraction of sp³-hybridized carbons (Fsp3) is 0.333. The predicted molar refractivity (Wildman–Crippen MR) is 26.2 cm³/mol. The average molecular weight is 277 g/mol. The van der Waals surface area contributed by atoms with Gasteiger partial charge in [0.05, 0.1) is 0 Å². The summed E-state index contributed by atoms with van der Waals surface area (Å²) in [6, 6.07) is 0. The van der Waals surface area contributed by atoms with Crippen LogP contribution in [0.3, 0.4) is 0 Å². The van der Waals surface area contributed by atoms with E-state index in [1.807, 2.05) is 0 Å². The summed E-state index contributed by atoms with van der Waals surface area (Å²) in [5.41, 5.74) is 1.27. The Kier molecular flexibility index (Phi) is 28.9. The van der Waals surface area contributed by atoms with Crippen molar-refractivity contribution in [3.63, 3.8) is 0 Å². The van der Waals surface area contributed by atoms with E-state index in [0.717, 1.165) is 6.42 Å². The second-order valence-electron chi connectivity index (χ2n) is 1.47. The van der Waals surface area contributed by atoms with Gasteiger partial charge in [-0.05, 0) is 0 Å². The summed E-state index contributed by atoms with van der Waals surface area (Å²) in [5, 5.41) is 0. The molecule has 4 heteroatoms. The van der Waals surface area contributed by atoms with E-state index >= 15 is 0 Å². The first-order valence-electron chi connectivity index (χ1n) is 2.13. The van der Waals surface area contributed by atoms with Gasteiger partial charge in [-0.15, -0.1) is 6.42 Å². The van der Waals surface area contributed by atoms with Gasteiger partial charge >= 0.3 is 26.2 Å². The molecule has 0 aromatic heterocycles. The van der Waals surface area contributed by atoms with Crippen LogP contribution in [0.15, 0.2) is 17.7 Å². The van der Waals surface area contributed by atoms with Crippen molar-refractivity contribution in [3.05, 3.63) is 23.8 Å². The van der Waals surface area contributed by atoms with Crippen molar-refractivity contribution in [2.75, 3.05) is 0 Å². The Labute approximate surface area is 99.9 Å². The Morgan fingerprint density at radius 1 is 1.30 bits per heavy atom. The normalized spacial score (nSPS) is 11.1. The van der Waals surface area contributed by atoms with E-state index in [4.69, 9.17) is 0 Å². The molecule has 1 rings (SSSR count). The molecular weight excluding hydrogens is 270 g/mol. The second-order valence-corrected chi connectivity index (χ2v) is 1.47. The largest absolute Gasteiger partial charge is 4.00 e. The van der Waals surface area contributed by atoms with Crippen LogP contribution < -0.4 is 37.2 Å². The number of halogens is 3. The molecule has 1 aliphatic carbocycles. The van der Waals surface area contributed by atoms with Gasteiger partial charge < -0.3 is 37.2 Å². The SMILES string of the molecule is CC1=[C-]CC=C1.[Cl-].[Cl-].[Cl-].[Zr+4]. The van der Waals surface area contributed by atoms with E-state index in [-0.39, 0.29) is 63.4 Å². The molecule has 1 aliphatic rings. The van der Waals surface area contributed by atoms with Crippen LogP contribution in [0, 0.1) is 6.08 Å². The fourth-order valence-corrected chi connectivity index (χ4v) is 0.515. The third kappa shape index (κ3) is 9.23. The van der Waals surface area contributed by atoms with Gasteiger partial charge in [0, 0.05) is 0 Å². The van der Waals surface area contributed by atoms with Gasteiger partial charge in [-0.3, -0.25) is 6.08 Å². The van der Waals surface area contributed by atoms with Gasteiger partial charge in [0.25, 0.3) is 0 Å². The molecule has 0 aromatic rings. The summed E-state index contributed by atoms with van der Waals surface area (Å²) in [6.07, 6.45) is 8.33. The van der Waals surface area contributed by atoms with Crippen molar-refractivity contribution in [1.29, 1.82) is 0 Å². The van der Waals surface area contributed by atoms with Gasteiger partial charge in [-0.25, -0.2) is 11.6 Å². The molecule has 0 spiro atoms. The standard InChI is InChI=1S/C6H7.3ClH.Zr/c1-6-4-2-3-5-6;;;;/h2,4H,3H2,1H3;3*1H;/q-1;;;;+4/p-3. The summed E-state index contributed by atoms with van der Waals surface area (Å²) in [7, 11) is 0. The Bertz CT molecular complexity index is 107. The minimum absolute atomic E-state index is 0. The van der Waals surface area contributed by atoms with Gasteiger partial charge in [-0.2, -0.15) is 6.08 Å². The van der Waals surface area contributed by atoms with Crippen LogP contribution >= 0.6 is 0 Å². The van der Waals surface area contributed by atoms with E-state index in [2.05, 4.69) is 25.2 Å². The van der Waals surface area contributed by atoms with Crippen LogP contribution in [0.2, 0.25) is 0 Å². The first-order valence-corrected chi connectivity index (χ1v) is 2.13. The Morgan fingerprint density at radius 3 is 1.90 bits per heavy atom. The number of hydrogen-bond acceptors (Lipinski definition) is 0. The molecule has 56 valence electrons. The van der Waals surface area contributed by atoms with Gasteiger partial charge in [0.2, 0.25) is 0 Å². The van der Waals surface area contributed by atoms with Crippen LogP contribution in [0.1, 0.15) is 13.3 Å². The molecule has 10 heavy (non-hydrogen) atoms. The zero-order valence-electron chi connectivity index (χ0n) is 5.50. The minimum Gasteiger partial charge on any atom is -1.00 e. The Morgan fingerprint density at radius 2 is 1.80 bits per heavy atom. The van der Waals surface area contributed by atoms with Crippen LogP contribution in [-0.2, 0) is 26.2 Å². The van der Waals surface area contributed by atoms with Gasteiger partial charge in [0.1, 0.15) is 0 Å². The maximum atomic E-state index is 3.12. The molecule has 0 saturated carbocycles. The molecule has 0 amide bonds. The van der Waals surface area contributed by atoms with E-state index in [9.17, 15) is 0 Å². The van der Waals surface area contributed by atoms with E-state index in [1.54, 1.807) is 0 Å². The van der Waals surface area contributed by atoms with Crippen LogP contribution in [0.5, 0.6) is 0 Å². The van der Waals surface area contributed by atoms with Crippen LogP contribution in [-0.4, -0.2) is 0 Å². The number of hydrogen-bond donors (Lipinski definition) is 0. The van der Waals surface area contributed by atoms with Crippen LogP contribution in [0.4, 0.5) is 0 Å². The molecule has 0 saturated heterocycles. The van der Waals surface area contributed by atoms with Gasteiger partial charge in [0.15, 0.2) is 0 Å². The zero-order valence-corrected chi connectivity index (χ0v) is 10.2. The van der Waals surface area contributed by atoms with Crippen molar-refractivity contribution < 1.29 is 63.4 Å². The maximum Gasteiger partial charge on any atom is 4.00 e. The van der Waals surface area contributed by atoms with Crippen molar-refractivity contribution in [2.45, 2.75) is 13.3 Å². The number of rotatable bonds is 0. The monoisotopic (exact) mass is 274 g/mol. The average Bonchev–Trinajstić information content (AvgIpc) is 1.86. The molecule has 0 atom stereocenters. The molecular formula is C6H7Cl3Zr. The van der Waals surface area contributed by atoms with E-state index < -0.39 is 0 Å². The summed E-state index contributed by atoms with van der Waals surface area (Å²) in [4.78, 5) is 0. The van der Waals surface area contributed by atoms with E-state index in [0.29, 0.717) is 0 Å². The molecule has 0 heterocycles.